The van der Waals surface area contributed by atoms with Crippen LogP contribution in [0, 0.1) is 6.92 Å². The summed E-state index contributed by atoms with van der Waals surface area (Å²) in [6, 6.07) is 1.07. The van der Waals surface area contributed by atoms with E-state index in [0.717, 1.165) is 19.3 Å². The number of aliphatic hydroxyl groups excluding tert-OH is 3. The molecule has 5 N–H and O–H groups in total. The summed E-state index contributed by atoms with van der Waals surface area (Å²) in [5.74, 6) is -2.47. The standard InChI is InChI=1S/C18H24O12/c1-8-16(9(19)3-4-27-8)30-17-15(25)14(24)13(23)10(29-17)7-28-12(22)6-18(2,26)5-11(20)21/h3-4,10,13-15,17,23-26H,5-7H2,1-2H3,(H,20,21)/t10-,13-,14+,15-,17-,18+/m1/s1. The van der Waals surface area contributed by atoms with E-state index in [1.165, 1.54) is 6.92 Å². The highest BCUT2D eigenvalue weighted by molar-refractivity contribution is 5.73. The maximum absolute atomic E-state index is 11.9. The highest BCUT2D eigenvalue weighted by atomic mass is 16.7. The highest BCUT2D eigenvalue weighted by Gasteiger charge is 2.46. The lowest BCUT2D eigenvalue weighted by Gasteiger charge is -2.39. The normalized spacial score (nSPS) is 28.4. The Balaban J connectivity index is 2.03. The Morgan fingerprint density at radius 3 is 2.43 bits per heavy atom. The van der Waals surface area contributed by atoms with Crippen molar-refractivity contribution in [2.24, 2.45) is 0 Å². The van der Waals surface area contributed by atoms with Gasteiger partial charge in [-0.15, -0.1) is 0 Å². The molecule has 1 aliphatic heterocycles. The molecule has 1 aromatic heterocycles. The molecule has 1 fully saturated rings. The van der Waals surface area contributed by atoms with Gasteiger partial charge in [-0.05, 0) is 13.8 Å². The number of hydrogen-bond acceptors (Lipinski definition) is 11. The molecule has 0 unspecified atom stereocenters. The Bertz CT molecular complexity index is 816. The average molecular weight is 432 g/mol. The average Bonchev–Trinajstić information content (AvgIpc) is 2.62. The number of carbonyl (C=O) groups excluding carboxylic acids is 1. The molecular formula is C18H24O12. The number of carboxylic acid groups (broad SMARTS) is 1. The third-order valence-electron chi connectivity index (χ3n) is 4.38. The van der Waals surface area contributed by atoms with Gasteiger partial charge in [-0.25, -0.2) is 0 Å². The van der Waals surface area contributed by atoms with E-state index in [4.69, 9.17) is 23.7 Å². The molecule has 12 nitrogen and oxygen atoms in total. The fourth-order valence-corrected chi connectivity index (χ4v) is 2.83. The first-order valence-corrected chi connectivity index (χ1v) is 8.96. The van der Waals surface area contributed by atoms with Crippen molar-refractivity contribution in [3.05, 3.63) is 28.3 Å². The van der Waals surface area contributed by atoms with E-state index in [1.807, 2.05) is 0 Å². The smallest absolute Gasteiger partial charge is 0.308 e. The quantitative estimate of drug-likeness (QED) is 0.293. The number of aliphatic hydroxyl groups is 4. The van der Waals surface area contributed by atoms with Crippen LogP contribution in [-0.4, -0.2) is 80.4 Å². The van der Waals surface area contributed by atoms with Gasteiger partial charge in [0, 0.05) is 6.07 Å². The zero-order valence-electron chi connectivity index (χ0n) is 16.3. The summed E-state index contributed by atoms with van der Waals surface area (Å²) in [5, 5.41) is 48.8. The van der Waals surface area contributed by atoms with E-state index in [1.54, 1.807) is 0 Å². The van der Waals surface area contributed by atoms with Crippen molar-refractivity contribution in [1.82, 2.24) is 0 Å². The van der Waals surface area contributed by atoms with Crippen molar-refractivity contribution in [3.8, 4) is 5.75 Å². The van der Waals surface area contributed by atoms with Crippen LogP contribution in [0.2, 0.25) is 0 Å². The summed E-state index contributed by atoms with van der Waals surface area (Å²) in [4.78, 5) is 34.5. The van der Waals surface area contributed by atoms with E-state index in [9.17, 15) is 34.8 Å². The second-order valence-corrected chi connectivity index (χ2v) is 7.23. The predicted octanol–water partition coefficient (Wildman–Crippen LogP) is -1.71. The van der Waals surface area contributed by atoms with E-state index >= 15 is 0 Å². The number of aryl methyl sites for hydroxylation is 1. The predicted molar refractivity (Wildman–Crippen MR) is 95.5 cm³/mol. The van der Waals surface area contributed by atoms with E-state index in [0.29, 0.717) is 0 Å². The molecule has 1 saturated heterocycles. The molecule has 1 aromatic rings. The maximum Gasteiger partial charge on any atom is 0.308 e. The topological polar surface area (TPSA) is 193 Å². The number of aliphatic carboxylic acids is 1. The van der Waals surface area contributed by atoms with Crippen molar-refractivity contribution in [1.29, 1.82) is 0 Å². The van der Waals surface area contributed by atoms with Gasteiger partial charge in [-0.1, -0.05) is 0 Å². The largest absolute Gasteiger partial charge is 0.481 e. The molecule has 0 amide bonds. The van der Waals surface area contributed by atoms with Crippen LogP contribution in [0.15, 0.2) is 21.5 Å². The summed E-state index contributed by atoms with van der Waals surface area (Å²) in [5.41, 5.74) is -2.42. The molecule has 0 saturated carbocycles. The molecule has 0 aromatic carbocycles. The van der Waals surface area contributed by atoms with E-state index in [-0.39, 0.29) is 11.5 Å². The number of carboxylic acids is 1. The number of carbonyl (C=O) groups is 2. The minimum atomic E-state index is -1.85. The molecular weight excluding hydrogens is 408 g/mol. The van der Waals surface area contributed by atoms with Gasteiger partial charge in [0.2, 0.25) is 17.5 Å². The number of esters is 1. The Labute approximate surface area is 170 Å². The van der Waals surface area contributed by atoms with Gasteiger partial charge >= 0.3 is 11.9 Å². The monoisotopic (exact) mass is 432 g/mol. The lowest BCUT2D eigenvalue weighted by Crippen LogP contribution is -2.60. The van der Waals surface area contributed by atoms with Crippen LogP contribution in [0.1, 0.15) is 25.5 Å². The molecule has 1 aliphatic rings. The lowest BCUT2D eigenvalue weighted by atomic mass is 9.98. The minimum absolute atomic E-state index is 0.0857. The van der Waals surface area contributed by atoms with Crippen molar-refractivity contribution >= 4 is 11.9 Å². The Hall–Kier alpha value is -2.51. The first-order valence-electron chi connectivity index (χ1n) is 8.96. The van der Waals surface area contributed by atoms with Crippen LogP contribution in [0.3, 0.4) is 0 Å². The van der Waals surface area contributed by atoms with Gasteiger partial charge in [0.25, 0.3) is 0 Å². The third-order valence-corrected chi connectivity index (χ3v) is 4.38. The summed E-state index contributed by atoms with van der Waals surface area (Å²) in [6.45, 7) is 1.97. The number of rotatable bonds is 8. The van der Waals surface area contributed by atoms with Gasteiger partial charge in [-0.3, -0.25) is 14.4 Å². The van der Waals surface area contributed by atoms with Gasteiger partial charge in [-0.2, -0.15) is 0 Å². The van der Waals surface area contributed by atoms with Crippen LogP contribution in [0.25, 0.3) is 0 Å². The Morgan fingerprint density at radius 2 is 1.83 bits per heavy atom. The highest BCUT2D eigenvalue weighted by Crippen LogP contribution is 2.25. The summed E-state index contributed by atoms with van der Waals surface area (Å²) in [7, 11) is 0. The number of ether oxygens (including phenoxy) is 3. The summed E-state index contributed by atoms with van der Waals surface area (Å²) < 4.78 is 20.6. The number of hydrogen-bond donors (Lipinski definition) is 5. The molecule has 0 aliphatic carbocycles. The van der Waals surface area contributed by atoms with E-state index < -0.39 is 73.1 Å². The molecule has 2 rings (SSSR count). The van der Waals surface area contributed by atoms with E-state index in [2.05, 4.69) is 0 Å². The molecule has 6 atom stereocenters. The van der Waals surface area contributed by atoms with Crippen LogP contribution >= 0.6 is 0 Å². The molecule has 0 bridgehead atoms. The van der Waals surface area contributed by atoms with Crippen molar-refractivity contribution in [2.45, 2.75) is 63.0 Å². The fraction of sp³-hybridized carbons (Fsp3) is 0.611. The van der Waals surface area contributed by atoms with Gasteiger partial charge in [0.05, 0.1) is 24.7 Å². The second kappa shape index (κ2) is 9.53. The third kappa shape index (κ3) is 6.00. The summed E-state index contributed by atoms with van der Waals surface area (Å²) in [6.07, 6.45) is -8.28. The van der Waals surface area contributed by atoms with Crippen molar-refractivity contribution in [2.75, 3.05) is 6.61 Å². The van der Waals surface area contributed by atoms with Crippen LogP contribution in [-0.2, 0) is 19.1 Å². The Morgan fingerprint density at radius 1 is 1.17 bits per heavy atom. The first-order chi connectivity index (χ1) is 13.9. The van der Waals surface area contributed by atoms with Crippen molar-refractivity contribution in [3.63, 3.8) is 0 Å². The lowest BCUT2D eigenvalue weighted by molar-refractivity contribution is -0.279. The van der Waals surface area contributed by atoms with Gasteiger partial charge in [0.1, 0.15) is 36.8 Å². The van der Waals surface area contributed by atoms with Gasteiger partial charge < -0.3 is 44.2 Å². The summed E-state index contributed by atoms with van der Waals surface area (Å²) >= 11 is 0. The van der Waals surface area contributed by atoms with Crippen LogP contribution < -0.4 is 10.2 Å². The Kier molecular flexibility index (Phi) is 7.55. The zero-order chi connectivity index (χ0) is 22.6. The van der Waals surface area contributed by atoms with Crippen molar-refractivity contribution < 1.29 is 53.7 Å². The van der Waals surface area contributed by atoms with Gasteiger partial charge in [0.15, 0.2) is 0 Å². The first kappa shape index (κ1) is 23.8. The second-order valence-electron chi connectivity index (χ2n) is 7.23. The molecule has 168 valence electrons. The van der Waals surface area contributed by atoms with Crippen LogP contribution in [0.4, 0.5) is 0 Å². The zero-order valence-corrected chi connectivity index (χ0v) is 16.3. The maximum atomic E-state index is 11.9. The molecule has 0 radical (unpaired) electrons. The molecule has 30 heavy (non-hydrogen) atoms. The molecule has 0 spiro atoms. The molecule has 2 heterocycles. The van der Waals surface area contributed by atoms with Crippen LogP contribution in [0.5, 0.6) is 5.75 Å². The fourth-order valence-electron chi connectivity index (χ4n) is 2.83. The SMILES string of the molecule is Cc1occc(=O)c1O[C@H]1O[C@H](COC(=O)C[C@@](C)(O)CC(=O)O)[C@@H](O)[C@H](O)[C@H]1O. The minimum Gasteiger partial charge on any atom is -0.481 e. The molecule has 12 heteroatoms.